The number of amides is 2. The number of nitrogens with zero attached hydrogens (tertiary/aromatic N) is 3. The molecule has 0 saturated carbocycles. The van der Waals surface area contributed by atoms with Crippen molar-refractivity contribution in [2.75, 3.05) is 6.54 Å². The molecule has 0 radical (unpaired) electrons. The lowest BCUT2D eigenvalue weighted by atomic mass is 9.84. The molecule has 3 aromatic rings. The quantitative estimate of drug-likeness (QED) is 0.226. The Morgan fingerprint density at radius 2 is 1.74 bits per heavy atom. The fraction of sp³-hybridized carbons (Fsp3) is 0.333. The highest BCUT2D eigenvalue weighted by Crippen LogP contribution is 2.31. The van der Waals surface area contributed by atoms with Crippen LogP contribution >= 0.6 is 0 Å². The number of aromatic nitrogens is 1. The number of hydrogen-bond donors (Lipinski definition) is 4. The van der Waals surface area contributed by atoms with Crippen molar-refractivity contribution in [3.63, 3.8) is 0 Å². The highest BCUT2D eigenvalue weighted by Gasteiger charge is 2.49. The first-order valence-corrected chi connectivity index (χ1v) is 13.5. The van der Waals surface area contributed by atoms with E-state index in [2.05, 4.69) is 25.9 Å². The van der Waals surface area contributed by atoms with Gasteiger partial charge in [-0.15, -0.1) is 0 Å². The standard InChI is InChI=1S/C30H32N6O6/c1-18(2)27(35-28(40)22-13-12-20-10-6-7-11-21(20)33-22)24-16-30(42-36-24,15-19-8-4-3-5-9-19)29(41)34-23(14-26(38)39)25(37)17-32-31/h3-13,18,23,27,31H,14-17H2,1-2H3,(H,34,41)(H,35,40)(H,38,39)/t23-,27?,30?/m0/s1. The van der Waals surface area contributed by atoms with Crippen LogP contribution in [0.3, 0.4) is 0 Å². The summed E-state index contributed by atoms with van der Waals surface area (Å²) < 4.78 is 0. The maximum atomic E-state index is 13.7. The van der Waals surface area contributed by atoms with Gasteiger partial charge >= 0.3 is 5.97 Å². The van der Waals surface area contributed by atoms with E-state index in [1.807, 2.05) is 62.4 Å². The molecule has 218 valence electrons. The van der Waals surface area contributed by atoms with Crippen LogP contribution in [-0.4, -0.2) is 63.6 Å². The van der Waals surface area contributed by atoms with E-state index < -0.39 is 54.2 Å². The van der Waals surface area contributed by atoms with Crippen molar-refractivity contribution in [3.8, 4) is 0 Å². The summed E-state index contributed by atoms with van der Waals surface area (Å²) in [6, 6.07) is 17.9. The number of Topliss-reactive ketones (excluding diaryl/α,β-unsaturated/α-hetero) is 1. The van der Waals surface area contributed by atoms with E-state index in [4.69, 9.17) is 10.4 Å². The van der Waals surface area contributed by atoms with Gasteiger partial charge in [0.25, 0.3) is 11.8 Å². The van der Waals surface area contributed by atoms with Gasteiger partial charge in [0.2, 0.25) is 5.60 Å². The zero-order valence-electron chi connectivity index (χ0n) is 23.2. The topological polar surface area (TPSA) is 183 Å². The number of carboxylic acids is 1. The maximum absolute atomic E-state index is 13.7. The SMILES string of the molecule is CC(C)C(NC(=O)c1ccc2ccccc2n1)C1=NOC(Cc2ccccc2)(C(=O)N[C@@H](CC(=O)O)C(=O)CN=N)C1. The van der Waals surface area contributed by atoms with E-state index >= 15 is 0 Å². The summed E-state index contributed by atoms with van der Waals surface area (Å²) in [5.41, 5.74) is 7.42. The van der Waals surface area contributed by atoms with Crippen LogP contribution in [0.4, 0.5) is 0 Å². The summed E-state index contributed by atoms with van der Waals surface area (Å²) in [6.07, 6.45) is -0.647. The summed E-state index contributed by atoms with van der Waals surface area (Å²) >= 11 is 0. The van der Waals surface area contributed by atoms with Crippen LogP contribution in [0.15, 0.2) is 77.0 Å². The Morgan fingerprint density at radius 1 is 1.02 bits per heavy atom. The number of oxime groups is 1. The Kier molecular flexibility index (Phi) is 9.35. The number of ketones is 1. The fourth-order valence-corrected chi connectivity index (χ4v) is 4.83. The molecule has 1 aromatic heterocycles. The average Bonchev–Trinajstić information content (AvgIpc) is 3.40. The van der Waals surface area contributed by atoms with Gasteiger partial charge in [0.15, 0.2) is 5.78 Å². The number of carbonyl (C=O) groups excluding carboxylic acids is 3. The zero-order chi connectivity index (χ0) is 30.3. The molecule has 1 aliphatic rings. The lowest BCUT2D eigenvalue weighted by molar-refractivity contribution is -0.147. The summed E-state index contributed by atoms with van der Waals surface area (Å²) in [5.74, 6) is -3.32. The zero-order valence-corrected chi connectivity index (χ0v) is 23.2. The summed E-state index contributed by atoms with van der Waals surface area (Å²) in [5, 5.41) is 23.0. The predicted molar refractivity (Wildman–Crippen MR) is 153 cm³/mol. The second-order valence-electron chi connectivity index (χ2n) is 10.5. The number of pyridine rings is 1. The largest absolute Gasteiger partial charge is 0.481 e. The van der Waals surface area contributed by atoms with Gasteiger partial charge in [-0.1, -0.05) is 73.6 Å². The number of carboxylic acid groups (broad SMARTS) is 1. The van der Waals surface area contributed by atoms with Crippen LogP contribution in [0.5, 0.6) is 0 Å². The second kappa shape index (κ2) is 13.1. The molecule has 2 amide bonds. The van der Waals surface area contributed by atoms with E-state index in [1.165, 1.54) is 0 Å². The number of fused-ring (bicyclic) bond motifs is 1. The van der Waals surface area contributed by atoms with Crippen LogP contribution in [0.2, 0.25) is 0 Å². The highest BCUT2D eigenvalue weighted by molar-refractivity contribution is 6.03. The van der Waals surface area contributed by atoms with Gasteiger partial charge in [-0.05, 0) is 23.6 Å². The molecule has 12 heteroatoms. The number of hydrogen-bond acceptors (Lipinski definition) is 9. The minimum absolute atomic E-state index is 0.0290. The molecule has 1 aliphatic heterocycles. The molecule has 2 aromatic carbocycles. The third kappa shape index (κ3) is 7.00. The first-order chi connectivity index (χ1) is 20.1. The van der Waals surface area contributed by atoms with Gasteiger partial charge in [0, 0.05) is 18.2 Å². The van der Waals surface area contributed by atoms with Crippen LogP contribution in [-0.2, 0) is 25.6 Å². The Balaban J connectivity index is 1.59. The van der Waals surface area contributed by atoms with Crippen LogP contribution in [0.25, 0.3) is 10.9 Å². The lowest BCUT2D eigenvalue weighted by Crippen LogP contribution is -2.55. The molecule has 0 aliphatic carbocycles. The van der Waals surface area contributed by atoms with Crippen LogP contribution in [0.1, 0.15) is 42.7 Å². The van der Waals surface area contributed by atoms with Crippen LogP contribution < -0.4 is 10.6 Å². The van der Waals surface area contributed by atoms with Crippen molar-refractivity contribution in [1.29, 1.82) is 5.53 Å². The van der Waals surface area contributed by atoms with Crippen molar-refractivity contribution in [2.45, 2.75) is 50.8 Å². The Hall–Kier alpha value is -5.00. The minimum atomic E-state index is -1.62. The molecule has 2 heterocycles. The highest BCUT2D eigenvalue weighted by atomic mass is 16.7. The Morgan fingerprint density at radius 3 is 2.43 bits per heavy atom. The lowest BCUT2D eigenvalue weighted by Gasteiger charge is -2.28. The number of aliphatic carboxylic acids is 1. The number of carbonyl (C=O) groups is 4. The fourth-order valence-electron chi connectivity index (χ4n) is 4.83. The average molecular weight is 573 g/mol. The Bertz CT molecular complexity index is 1520. The third-order valence-corrected chi connectivity index (χ3v) is 7.00. The molecule has 0 bridgehead atoms. The molecule has 42 heavy (non-hydrogen) atoms. The van der Waals surface area contributed by atoms with E-state index in [0.29, 0.717) is 11.2 Å². The molecule has 4 rings (SSSR count). The van der Waals surface area contributed by atoms with Gasteiger partial charge in [0.1, 0.15) is 18.3 Å². The summed E-state index contributed by atoms with van der Waals surface area (Å²) in [6.45, 7) is 3.21. The number of nitrogens with one attached hydrogen (secondary N) is 3. The monoisotopic (exact) mass is 572 g/mol. The van der Waals surface area contributed by atoms with Crippen molar-refractivity contribution in [2.24, 2.45) is 16.2 Å². The number of para-hydroxylation sites is 1. The van der Waals surface area contributed by atoms with Crippen molar-refractivity contribution >= 4 is 40.2 Å². The minimum Gasteiger partial charge on any atom is -0.481 e. The molecular weight excluding hydrogens is 540 g/mol. The predicted octanol–water partition coefficient (Wildman–Crippen LogP) is 3.31. The smallest absolute Gasteiger partial charge is 0.305 e. The molecule has 4 N–H and O–H groups in total. The summed E-state index contributed by atoms with van der Waals surface area (Å²) in [4.78, 5) is 61.2. The molecule has 0 spiro atoms. The van der Waals surface area contributed by atoms with Crippen molar-refractivity contribution < 1.29 is 29.1 Å². The van der Waals surface area contributed by atoms with Crippen molar-refractivity contribution in [1.82, 2.24) is 15.6 Å². The van der Waals surface area contributed by atoms with Gasteiger partial charge < -0.3 is 20.6 Å². The summed E-state index contributed by atoms with van der Waals surface area (Å²) in [7, 11) is 0. The van der Waals surface area contributed by atoms with Gasteiger partial charge in [-0.3, -0.25) is 19.2 Å². The second-order valence-corrected chi connectivity index (χ2v) is 10.5. The number of rotatable bonds is 13. The molecule has 0 fully saturated rings. The maximum Gasteiger partial charge on any atom is 0.305 e. The molecule has 2 unspecified atom stereocenters. The van der Waals surface area contributed by atoms with E-state index in [0.717, 1.165) is 10.9 Å². The van der Waals surface area contributed by atoms with Gasteiger partial charge in [-0.2, -0.15) is 5.11 Å². The first kappa shape index (κ1) is 30.0. The van der Waals surface area contributed by atoms with Crippen LogP contribution in [0, 0.1) is 11.4 Å². The number of benzene rings is 2. The molecular formula is C30H32N6O6. The van der Waals surface area contributed by atoms with Crippen molar-refractivity contribution in [3.05, 3.63) is 78.0 Å². The van der Waals surface area contributed by atoms with E-state index in [9.17, 15) is 24.3 Å². The Labute approximate surface area is 242 Å². The van der Waals surface area contributed by atoms with Gasteiger partial charge in [0.05, 0.1) is 23.7 Å². The molecule has 12 nitrogen and oxygen atoms in total. The van der Waals surface area contributed by atoms with E-state index in [-0.39, 0.29) is 24.5 Å². The normalized spacial score (nSPS) is 17.5. The van der Waals surface area contributed by atoms with E-state index in [1.54, 1.807) is 18.2 Å². The first-order valence-electron chi connectivity index (χ1n) is 13.5. The molecule has 0 saturated heterocycles. The van der Waals surface area contributed by atoms with Gasteiger partial charge in [-0.25, -0.2) is 10.5 Å². The third-order valence-electron chi connectivity index (χ3n) is 7.00. The molecule has 3 atom stereocenters.